The molecule has 0 fully saturated rings. The molecule has 3 unspecified atom stereocenters. The monoisotopic (exact) mass is 491 g/mol. The Morgan fingerprint density at radius 3 is 2.14 bits per heavy atom. The van der Waals surface area contributed by atoms with Gasteiger partial charge in [-0.1, -0.05) is 57.0 Å². The molecule has 0 spiro atoms. The van der Waals surface area contributed by atoms with E-state index in [-0.39, 0.29) is 31.0 Å². The lowest BCUT2D eigenvalue weighted by Crippen LogP contribution is -2.54. The quantitative estimate of drug-likeness (QED) is 0.408. The van der Waals surface area contributed by atoms with Gasteiger partial charge >= 0.3 is 6.09 Å². The van der Waals surface area contributed by atoms with Gasteiger partial charge in [0, 0.05) is 12.6 Å². The number of amides is 3. The second-order valence-electron chi connectivity index (χ2n) is 10.6. The van der Waals surface area contributed by atoms with Crippen molar-refractivity contribution in [2.24, 2.45) is 5.92 Å². The zero-order valence-electron chi connectivity index (χ0n) is 22.7. The van der Waals surface area contributed by atoms with Crippen molar-refractivity contribution >= 4 is 17.9 Å². The van der Waals surface area contributed by atoms with Crippen LogP contribution in [0.5, 0.6) is 0 Å². The Labute approximate surface area is 210 Å². The molecule has 0 aromatic heterocycles. The van der Waals surface area contributed by atoms with Crippen LogP contribution in [0.2, 0.25) is 0 Å². The van der Waals surface area contributed by atoms with Crippen LogP contribution in [0.1, 0.15) is 84.9 Å². The van der Waals surface area contributed by atoms with E-state index in [1.165, 1.54) is 4.90 Å². The lowest BCUT2D eigenvalue weighted by atomic mass is 9.98. The maximum Gasteiger partial charge on any atom is 0.408 e. The Hall–Kier alpha value is -2.61. The molecule has 0 heterocycles. The van der Waals surface area contributed by atoms with Crippen LogP contribution >= 0.6 is 0 Å². The van der Waals surface area contributed by atoms with Crippen LogP contribution in [0.4, 0.5) is 4.79 Å². The summed E-state index contributed by atoms with van der Waals surface area (Å²) in [5.41, 5.74) is 0.941. The Morgan fingerprint density at radius 1 is 1.06 bits per heavy atom. The summed E-state index contributed by atoms with van der Waals surface area (Å²) in [6.45, 7) is 14.7. The molecule has 0 saturated heterocycles. The zero-order chi connectivity index (χ0) is 26.8. The number of carbonyl (C=O) groups is 3. The van der Waals surface area contributed by atoms with Gasteiger partial charge in [-0.15, -0.1) is 0 Å². The van der Waals surface area contributed by atoms with E-state index in [1.54, 1.807) is 20.8 Å². The third-order valence-corrected chi connectivity index (χ3v) is 5.38. The summed E-state index contributed by atoms with van der Waals surface area (Å²) in [6.07, 6.45) is 1.37. The molecule has 1 rings (SSSR count). The number of ether oxygens (including phenoxy) is 1. The molecule has 0 radical (unpaired) electrons. The van der Waals surface area contributed by atoms with Crippen LogP contribution in [0, 0.1) is 12.8 Å². The highest BCUT2D eigenvalue weighted by Gasteiger charge is 2.36. The van der Waals surface area contributed by atoms with E-state index in [9.17, 15) is 19.5 Å². The number of carbonyl (C=O) groups excluding carboxylic acids is 3. The highest BCUT2D eigenvalue weighted by atomic mass is 16.6. The minimum atomic E-state index is -0.954. The van der Waals surface area contributed by atoms with Crippen LogP contribution in [0.25, 0.3) is 0 Å². The lowest BCUT2D eigenvalue weighted by molar-refractivity contribution is -0.143. The summed E-state index contributed by atoms with van der Waals surface area (Å²) in [5.74, 6) is -0.675. The molecular formula is C27H45N3O5. The number of benzene rings is 1. The molecule has 8 nitrogen and oxygen atoms in total. The van der Waals surface area contributed by atoms with Gasteiger partial charge in [-0.25, -0.2) is 4.79 Å². The predicted molar refractivity (Wildman–Crippen MR) is 138 cm³/mol. The standard InChI is InChI=1S/C27H45N3O5/c1-9-10-20(5)28-24(32)23(21-13-11-19(4)12-14-21)30(15-16-31)25(33)22(17-18(2)3)29-26(34)35-27(6,7)8/h11-14,18,20,22-23,31H,9-10,15-17H2,1-8H3,(H,28,32)(H,29,34). The van der Waals surface area contributed by atoms with Crippen molar-refractivity contribution in [2.75, 3.05) is 13.2 Å². The molecule has 0 saturated carbocycles. The first-order valence-electron chi connectivity index (χ1n) is 12.6. The molecule has 0 aliphatic heterocycles. The Morgan fingerprint density at radius 2 is 1.66 bits per heavy atom. The topological polar surface area (TPSA) is 108 Å². The van der Waals surface area contributed by atoms with Crippen molar-refractivity contribution in [3.05, 3.63) is 35.4 Å². The first-order chi connectivity index (χ1) is 16.3. The molecule has 1 aromatic carbocycles. The maximum absolute atomic E-state index is 13.8. The molecular weight excluding hydrogens is 446 g/mol. The summed E-state index contributed by atoms with van der Waals surface area (Å²) in [5, 5.41) is 15.5. The van der Waals surface area contributed by atoms with Gasteiger partial charge in [0.2, 0.25) is 11.8 Å². The summed E-state index contributed by atoms with van der Waals surface area (Å²) >= 11 is 0. The predicted octanol–water partition coefficient (Wildman–Crippen LogP) is 4.10. The van der Waals surface area contributed by atoms with Crippen LogP contribution in [-0.4, -0.2) is 58.8 Å². The highest BCUT2D eigenvalue weighted by molar-refractivity contribution is 5.92. The summed E-state index contributed by atoms with van der Waals surface area (Å²) < 4.78 is 5.38. The number of nitrogens with one attached hydrogen (secondary N) is 2. The van der Waals surface area contributed by atoms with Crippen molar-refractivity contribution in [3.63, 3.8) is 0 Å². The van der Waals surface area contributed by atoms with E-state index in [0.717, 1.165) is 18.4 Å². The number of aliphatic hydroxyl groups is 1. The average Bonchev–Trinajstić information content (AvgIpc) is 2.72. The van der Waals surface area contributed by atoms with Crippen molar-refractivity contribution in [1.29, 1.82) is 0 Å². The molecule has 0 aliphatic rings. The summed E-state index contributed by atoms with van der Waals surface area (Å²) in [6, 6.07) is 5.47. The van der Waals surface area contributed by atoms with E-state index in [4.69, 9.17) is 4.74 Å². The third-order valence-electron chi connectivity index (χ3n) is 5.38. The number of alkyl carbamates (subject to hydrolysis) is 1. The molecule has 35 heavy (non-hydrogen) atoms. The molecule has 3 atom stereocenters. The number of aliphatic hydroxyl groups excluding tert-OH is 1. The van der Waals surface area contributed by atoms with Gasteiger partial charge in [0.25, 0.3) is 0 Å². The van der Waals surface area contributed by atoms with Gasteiger partial charge in [-0.2, -0.15) is 0 Å². The zero-order valence-corrected chi connectivity index (χ0v) is 22.7. The molecule has 3 N–H and O–H groups in total. The number of hydrogen-bond donors (Lipinski definition) is 3. The van der Waals surface area contributed by atoms with Crippen LogP contribution in [-0.2, 0) is 14.3 Å². The van der Waals surface area contributed by atoms with E-state index in [1.807, 2.05) is 58.9 Å². The molecule has 1 aromatic rings. The van der Waals surface area contributed by atoms with E-state index >= 15 is 0 Å². The Kier molecular flexibility index (Phi) is 12.2. The largest absolute Gasteiger partial charge is 0.444 e. The highest BCUT2D eigenvalue weighted by Crippen LogP contribution is 2.24. The summed E-state index contributed by atoms with van der Waals surface area (Å²) in [7, 11) is 0. The number of hydrogen-bond acceptors (Lipinski definition) is 5. The van der Waals surface area contributed by atoms with Gasteiger partial charge in [-0.3, -0.25) is 9.59 Å². The normalized spacial score (nSPS) is 14.1. The van der Waals surface area contributed by atoms with Gasteiger partial charge in [0.15, 0.2) is 0 Å². The van der Waals surface area contributed by atoms with E-state index < -0.39 is 29.7 Å². The van der Waals surface area contributed by atoms with Gasteiger partial charge in [0.05, 0.1) is 6.61 Å². The van der Waals surface area contributed by atoms with Crippen LogP contribution in [0.3, 0.4) is 0 Å². The number of nitrogens with zero attached hydrogens (tertiary/aromatic N) is 1. The second kappa shape index (κ2) is 14.1. The van der Waals surface area contributed by atoms with Crippen LogP contribution < -0.4 is 10.6 Å². The fourth-order valence-electron chi connectivity index (χ4n) is 3.87. The maximum atomic E-state index is 13.8. The molecule has 198 valence electrons. The minimum Gasteiger partial charge on any atom is -0.444 e. The van der Waals surface area contributed by atoms with Crippen molar-refractivity contribution in [1.82, 2.24) is 15.5 Å². The van der Waals surface area contributed by atoms with Crippen molar-refractivity contribution in [3.8, 4) is 0 Å². The lowest BCUT2D eigenvalue weighted by Gasteiger charge is -2.35. The fourth-order valence-corrected chi connectivity index (χ4v) is 3.87. The summed E-state index contributed by atoms with van der Waals surface area (Å²) in [4.78, 5) is 41.2. The first kappa shape index (κ1) is 30.4. The SMILES string of the molecule is CCCC(C)NC(=O)C(c1ccc(C)cc1)N(CCO)C(=O)C(CC(C)C)NC(=O)OC(C)(C)C. The molecule has 3 amide bonds. The smallest absolute Gasteiger partial charge is 0.408 e. The van der Waals surface area contributed by atoms with Gasteiger partial charge in [0.1, 0.15) is 17.7 Å². The third kappa shape index (κ3) is 10.7. The molecule has 8 heteroatoms. The number of aryl methyl sites for hydroxylation is 1. The molecule has 0 bridgehead atoms. The Balaban J connectivity index is 3.40. The Bertz CT molecular complexity index is 817. The number of rotatable bonds is 12. The molecule has 0 aliphatic carbocycles. The van der Waals surface area contributed by atoms with E-state index in [2.05, 4.69) is 10.6 Å². The van der Waals surface area contributed by atoms with Gasteiger partial charge < -0.3 is 25.4 Å². The van der Waals surface area contributed by atoms with E-state index in [0.29, 0.717) is 12.0 Å². The van der Waals surface area contributed by atoms with Crippen molar-refractivity contribution < 1.29 is 24.2 Å². The van der Waals surface area contributed by atoms with Crippen molar-refractivity contribution in [2.45, 2.75) is 98.4 Å². The second-order valence-corrected chi connectivity index (χ2v) is 10.6. The van der Waals surface area contributed by atoms with Crippen LogP contribution in [0.15, 0.2) is 24.3 Å². The van der Waals surface area contributed by atoms with Gasteiger partial charge in [-0.05, 0) is 58.9 Å². The minimum absolute atomic E-state index is 0.0580. The average molecular weight is 492 g/mol. The fraction of sp³-hybridized carbons (Fsp3) is 0.667. The first-order valence-corrected chi connectivity index (χ1v) is 12.6.